The number of aromatic nitrogens is 1. The molecule has 3 rings (SSSR count). The van der Waals surface area contributed by atoms with Gasteiger partial charge in [-0.05, 0) is 47.8 Å². The normalized spacial score (nSPS) is 19.3. The highest BCUT2D eigenvalue weighted by Gasteiger charge is 2.34. The van der Waals surface area contributed by atoms with E-state index in [0.717, 1.165) is 8.66 Å². The monoisotopic (exact) mass is 449 g/mol. The molecule has 0 radical (unpaired) electrons. The van der Waals surface area contributed by atoms with Crippen LogP contribution in [-0.4, -0.2) is 36.7 Å². The van der Waals surface area contributed by atoms with Crippen molar-refractivity contribution in [3.8, 4) is 0 Å². The molecule has 2 aromatic heterocycles. The summed E-state index contributed by atoms with van der Waals surface area (Å²) in [5, 5.41) is 3.35. The standard InChI is InChI=1S/C14H16BrN3O3S3/c1-9-7-16-14(22-9)17-13(19)10-3-2-6-18(8-10)24(20,21)12-5-4-11(15)23-12/h4-5,7,10H,2-3,6,8H2,1H3,(H,16,17,19). The van der Waals surface area contributed by atoms with Gasteiger partial charge in [0.05, 0.1) is 9.70 Å². The number of hydrogen-bond donors (Lipinski definition) is 1. The number of hydrogen-bond acceptors (Lipinski definition) is 6. The van der Waals surface area contributed by atoms with E-state index in [9.17, 15) is 13.2 Å². The van der Waals surface area contributed by atoms with Crippen LogP contribution in [0.2, 0.25) is 0 Å². The molecule has 1 saturated heterocycles. The molecular weight excluding hydrogens is 434 g/mol. The molecule has 1 unspecified atom stereocenters. The Morgan fingerprint density at radius 3 is 2.83 bits per heavy atom. The minimum Gasteiger partial charge on any atom is -0.302 e. The second kappa shape index (κ2) is 7.20. The Morgan fingerprint density at radius 1 is 1.42 bits per heavy atom. The molecule has 1 amide bonds. The van der Waals surface area contributed by atoms with Crippen LogP contribution in [0, 0.1) is 12.8 Å². The molecule has 2 aromatic rings. The Labute approximate surface area is 157 Å². The number of nitrogens with one attached hydrogen (secondary N) is 1. The van der Waals surface area contributed by atoms with E-state index in [1.165, 1.54) is 27.0 Å². The first-order chi connectivity index (χ1) is 11.4. The summed E-state index contributed by atoms with van der Waals surface area (Å²) < 4.78 is 27.9. The second-order valence-electron chi connectivity index (χ2n) is 5.53. The number of thiazole rings is 1. The SMILES string of the molecule is Cc1cnc(NC(=O)C2CCCN(S(=O)(=O)c3ccc(Br)s3)C2)s1. The van der Waals surface area contributed by atoms with Crippen LogP contribution in [0.4, 0.5) is 5.13 Å². The summed E-state index contributed by atoms with van der Waals surface area (Å²) in [4.78, 5) is 17.6. The van der Waals surface area contributed by atoms with Crippen molar-refractivity contribution in [2.24, 2.45) is 5.92 Å². The molecule has 6 nitrogen and oxygen atoms in total. The van der Waals surface area contributed by atoms with Gasteiger partial charge in [-0.15, -0.1) is 22.7 Å². The third kappa shape index (κ3) is 3.88. The van der Waals surface area contributed by atoms with Gasteiger partial charge in [-0.3, -0.25) is 4.79 Å². The lowest BCUT2D eigenvalue weighted by Gasteiger charge is -2.30. The lowest BCUT2D eigenvalue weighted by atomic mass is 9.99. The van der Waals surface area contributed by atoms with E-state index >= 15 is 0 Å². The van der Waals surface area contributed by atoms with Crippen LogP contribution in [0.15, 0.2) is 26.3 Å². The van der Waals surface area contributed by atoms with Crippen LogP contribution in [-0.2, 0) is 14.8 Å². The third-order valence-electron chi connectivity index (χ3n) is 3.75. The lowest BCUT2D eigenvalue weighted by molar-refractivity contribution is -0.120. The highest BCUT2D eigenvalue weighted by atomic mass is 79.9. The zero-order chi connectivity index (χ0) is 17.3. The average molecular weight is 450 g/mol. The Kier molecular flexibility index (Phi) is 5.40. The number of carbonyl (C=O) groups is 1. The van der Waals surface area contributed by atoms with Crippen LogP contribution < -0.4 is 5.32 Å². The molecule has 0 saturated carbocycles. The third-order valence-corrected chi connectivity index (χ3v) is 8.53. The van der Waals surface area contributed by atoms with E-state index in [4.69, 9.17) is 0 Å². The van der Waals surface area contributed by atoms with E-state index < -0.39 is 10.0 Å². The molecule has 0 aliphatic carbocycles. The van der Waals surface area contributed by atoms with E-state index in [1.807, 2.05) is 6.92 Å². The highest BCUT2D eigenvalue weighted by molar-refractivity contribution is 9.11. The minimum atomic E-state index is -3.55. The van der Waals surface area contributed by atoms with Crippen molar-refractivity contribution in [3.05, 3.63) is 27.0 Å². The molecule has 1 aliphatic rings. The molecule has 1 atom stereocenters. The number of carbonyl (C=O) groups excluding carboxylic acids is 1. The molecular formula is C14H16BrN3O3S3. The van der Waals surface area contributed by atoms with Crippen LogP contribution in [0.5, 0.6) is 0 Å². The number of aryl methyl sites for hydroxylation is 1. The van der Waals surface area contributed by atoms with Gasteiger partial charge in [0, 0.05) is 24.2 Å². The number of piperidine rings is 1. The Bertz CT molecular complexity index is 846. The van der Waals surface area contributed by atoms with Crippen LogP contribution in [0.25, 0.3) is 0 Å². The summed E-state index contributed by atoms with van der Waals surface area (Å²) >= 11 is 5.88. The molecule has 0 aromatic carbocycles. The zero-order valence-electron chi connectivity index (χ0n) is 12.9. The number of rotatable bonds is 4. The van der Waals surface area contributed by atoms with Crippen molar-refractivity contribution >= 4 is 59.7 Å². The van der Waals surface area contributed by atoms with Gasteiger partial charge in [-0.2, -0.15) is 4.31 Å². The van der Waals surface area contributed by atoms with Crippen LogP contribution in [0.1, 0.15) is 17.7 Å². The van der Waals surface area contributed by atoms with Crippen molar-refractivity contribution in [2.45, 2.75) is 24.0 Å². The predicted molar refractivity (Wildman–Crippen MR) is 99.0 cm³/mol. The summed E-state index contributed by atoms with van der Waals surface area (Å²) in [5.74, 6) is -0.530. The molecule has 10 heteroatoms. The van der Waals surface area contributed by atoms with Crippen molar-refractivity contribution in [1.82, 2.24) is 9.29 Å². The number of anilines is 1. The maximum atomic E-state index is 12.7. The van der Waals surface area contributed by atoms with Gasteiger partial charge >= 0.3 is 0 Å². The molecule has 1 aliphatic heterocycles. The van der Waals surface area contributed by atoms with Crippen LogP contribution in [0.3, 0.4) is 0 Å². The van der Waals surface area contributed by atoms with Crippen molar-refractivity contribution in [3.63, 3.8) is 0 Å². The van der Waals surface area contributed by atoms with Gasteiger partial charge in [0.1, 0.15) is 4.21 Å². The number of nitrogens with zero attached hydrogens (tertiary/aromatic N) is 2. The average Bonchev–Trinajstić information content (AvgIpc) is 3.16. The van der Waals surface area contributed by atoms with E-state index in [1.54, 1.807) is 18.3 Å². The summed E-state index contributed by atoms with van der Waals surface area (Å²) in [6, 6.07) is 3.31. The summed E-state index contributed by atoms with van der Waals surface area (Å²) in [5.41, 5.74) is 0. The molecule has 24 heavy (non-hydrogen) atoms. The van der Waals surface area contributed by atoms with Crippen molar-refractivity contribution in [2.75, 3.05) is 18.4 Å². The molecule has 3 heterocycles. The first kappa shape index (κ1) is 18.0. The fraction of sp³-hybridized carbons (Fsp3) is 0.429. The van der Waals surface area contributed by atoms with Gasteiger partial charge in [0.15, 0.2) is 5.13 Å². The quantitative estimate of drug-likeness (QED) is 0.775. The smallest absolute Gasteiger partial charge is 0.252 e. The number of halogens is 1. The maximum absolute atomic E-state index is 12.7. The topological polar surface area (TPSA) is 79.4 Å². The number of thiophene rings is 1. The summed E-state index contributed by atoms with van der Waals surface area (Å²) in [7, 11) is -3.55. The summed E-state index contributed by atoms with van der Waals surface area (Å²) in [6.07, 6.45) is 3.05. The van der Waals surface area contributed by atoms with E-state index in [-0.39, 0.29) is 18.4 Å². The fourth-order valence-corrected chi connectivity index (χ4v) is 6.91. The van der Waals surface area contributed by atoms with Crippen molar-refractivity contribution in [1.29, 1.82) is 0 Å². The van der Waals surface area contributed by atoms with E-state index in [0.29, 0.717) is 28.7 Å². The lowest BCUT2D eigenvalue weighted by Crippen LogP contribution is -2.43. The molecule has 0 spiro atoms. The Balaban J connectivity index is 1.71. The second-order valence-corrected chi connectivity index (χ2v) is 11.4. The first-order valence-electron chi connectivity index (χ1n) is 7.35. The highest BCUT2D eigenvalue weighted by Crippen LogP contribution is 2.31. The largest absolute Gasteiger partial charge is 0.302 e. The first-order valence-corrected chi connectivity index (χ1v) is 11.2. The van der Waals surface area contributed by atoms with Crippen molar-refractivity contribution < 1.29 is 13.2 Å². The maximum Gasteiger partial charge on any atom is 0.252 e. The van der Waals surface area contributed by atoms with E-state index in [2.05, 4.69) is 26.2 Å². The number of sulfonamides is 1. The molecule has 0 bridgehead atoms. The van der Waals surface area contributed by atoms with Gasteiger partial charge in [0.2, 0.25) is 5.91 Å². The van der Waals surface area contributed by atoms with Gasteiger partial charge < -0.3 is 5.32 Å². The fourth-order valence-electron chi connectivity index (χ4n) is 2.56. The van der Waals surface area contributed by atoms with Gasteiger partial charge in [0.25, 0.3) is 10.0 Å². The summed E-state index contributed by atoms with van der Waals surface area (Å²) in [6.45, 7) is 2.56. The predicted octanol–water partition coefficient (Wildman–Crippen LogP) is 3.31. The molecule has 1 N–H and O–H groups in total. The Morgan fingerprint density at radius 2 is 2.21 bits per heavy atom. The molecule has 1 fully saturated rings. The van der Waals surface area contributed by atoms with Crippen LogP contribution >= 0.6 is 38.6 Å². The zero-order valence-corrected chi connectivity index (χ0v) is 16.9. The van der Waals surface area contributed by atoms with Gasteiger partial charge in [-0.1, -0.05) is 0 Å². The molecule has 130 valence electrons. The minimum absolute atomic E-state index is 0.170. The van der Waals surface area contributed by atoms with Gasteiger partial charge in [-0.25, -0.2) is 13.4 Å². The number of amides is 1. The Hall–Kier alpha value is -0.810.